The van der Waals surface area contributed by atoms with Gasteiger partial charge < -0.3 is 9.84 Å². The molecule has 0 amide bonds. The molecule has 0 bridgehead atoms. The van der Waals surface area contributed by atoms with E-state index in [4.69, 9.17) is 9.84 Å². The molecule has 0 saturated carbocycles. The fourth-order valence-electron chi connectivity index (χ4n) is 0.573. The van der Waals surface area contributed by atoms with Gasteiger partial charge in [0.15, 0.2) is 0 Å². The lowest BCUT2D eigenvalue weighted by Crippen LogP contribution is -2.22. The van der Waals surface area contributed by atoms with Crippen molar-refractivity contribution in [1.29, 1.82) is 0 Å². The lowest BCUT2D eigenvalue weighted by Gasteiger charge is -2.18. The summed E-state index contributed by atoms with van der Waals surface area (Å²) in [7, 11) is 0. The summed E-state index contributed by atoms with van der Waals surface area (Å²) in [6.07, 6.45) is 0.720. The predicted molar refractivity (Wildman–Crippen MR) is 46.5 cm³/mol. The summed E-state index contributed by atoms with van der Waals surface area (Å²) >= 11 is 0. The minimum Gasteiger partial charge on any atom is -0.391 e. The second-order valence-corrected chi connectivity index (χ2v) is 3.34. The summed E-state index contributed by atoms with van der Waals surface area (Å²) in [6, 6.07) is 0. The third-order valence-corrected chi connectivity index (χ3v) is 1.96. The fraction of sp³-hybridized carbons (Fsp3) is 1.00. The Morgan fingerprint density at radius 3 is 2.18 bits per heavy atom. The summed E-state index contributed by atoms with van der Waals surface area (Å²) in [5.74, 6) is 0.527. The zero-order valence-corrected chi connectivity index (χ0v) is 8.00. The molecule has 0 aromatic heterocycles. The van der Waals surface area contributed by atoms with Crippen LogP contribution >= 0.6 is 0 Å². The first kappa shape index (κ1) is 10.9. The molecule has 2 nitrogen and oxygen atoms in total. The van der Waals surface area contributed by atoms with Gasteiger partial charge in [0.1, 0.15) is 0 Å². The van der Waals surface area contributed by atoms with Gasteiger partial charge in [-0.05, 0) is 19.3 Å². The summed E-state index contributed by atoms with van der Waals surface area (Å²) in [4.78, 5) is 0. The van der Waals surface area contributed by atoms with Crippen LogP contribution in [0.3, 0.4) is 0 Å². The zero-order chi connectivity index (χ0) is 8.85. The Morgan fingerprint density at radius 1 is 1.27 bits per heavy atom. The van der Waals surface area contributed by atoms with Crippen LogP contribution < -0.4 is 0 Å². The van der Waals surface area contributed by atoms with Gasteiger partial charge in [-0.1, -0.05) is 20.8 Å². The lowest BCUT2D eigenvalue weighted by atomic mass is 10.1. The van der Waals surface area contributed by atoms with Gasteiger partial charge in [0.05, 0.1) is 18.8 Å². The van der Waals surface area contributed by atoms with Crippen molar-refractivity contribution in [2.24, 2.45) is 5.92 Å². The van der Waals surface area contributed by atoms with E-state index in [2.05, 4.69) is 13.8 Å². The predicted octanol–water partition coefficient (Wildman–Crippen LogP) is 1.82. The van der Waals surface area contributed by atoms with E-state index in [9.17, 15) is 0 Å². The Kier molecular flexibility index (Phi) is 5.51. The van der Waals surface area contributed by atoms with Crippen molar-refractivity contribution in [3.05, 3.63) is 0 Å². The smallest absolute Gasteiger partial charge is 0.0771 e. The van der Waals surface area contributed by atoms with Gasteiger partial charge in [-0.15, -0.1) is 0 Å². The first-order valence-electron chi connectivity index (χ1n) is 4.37. The van der Waals surface area contributed by atoms with Gasteiger partial charge in [0.25, 0.3) is 0 Å². The van der Waals surface area contributed by atoms with Gasteiger partial charge in [-0.3, -0.25) is 0 Å². The van der Waals surface area contributed by atoms with E-state index in [1.165, 1.54) is 0 Å². The Morgan fingerprint density at radius 2 is 1.82 bits per heavy atom. The number of hydrogen-bond acceptors (Lipinski definition) is 2. The monoisotopic (exact) mass is 160 g/mol. The van der Waals surface area contributed by atoms with Crippen LogP contribution in [0.1, 0.15) is 34.1 Å². The summed E-state index contributed by atoms with van der Waals surface area (Å²) < 4.78 is 5.41. The van der Waals surface area contributed by atoms with Crippen molar-refractivity contribution in [2.75, 3.05) is 6.61 Å². The van der Waals surface area contributed by atoms with Crippen molar-refractivity contribution in [2.45, 2.75) is 46.3 Å². The minimum atomic E-state index is -0.295. The third kappa shape index (κ3) is 5.22. The topological polar surface area (TPSA) is 29.5 Å². The Hall–Kier alpha value is -0.0800. The number of rotatable bonds is 5. The molecule has 0 saturated heterocycles. The lowest BCUT2D eigenvalue weighted by molar-refractivity contribution is -0.0205. The van der Waals surface area contributed by atoms with Gasteiger partial charge in [-0.25, -0.2) is 0 Å². The van der Waals surface area contributed by atoms with Crippen molar-refractivity contribution >= 4 is 0 Å². The van der Waals surface area contributed by atoms with E-state index in [0.717, 1.165) is 6.42 Å². The van der Waals surface area contributed by atoms with E-state index in [0.29, 0.717) is 12.5 Å². The van der Waals surface area contributed by atoms with Gasteiger partial charge >= 0.3 is 0 Å². The van der Waals surface area contributed by atoms with E-state index in [1.54, 1.807) is 0 Å². The van der Waals surface area contributed by atoms with Crippen molar-refractivity contribution in [1.82, 2.24) is 0 Å². The standard InChI is InChI=1S/C9H20O2/c1-5-9(10)6-11-8(4)7(2)3/h7-10H,5-6H2,1-4H3. The molecule has 2 heteroatoms. The molecule has 0 heterocycles. The number of aliphatic hydroxyl groups excluding tert-OH is 1. The number of hydrogen-bond donors (Lipinski definition) is 1. The summed E-state index contributed by atoms with van der Waals surface area (Å²) in [5.41, 5.74) is 0. The van der Waals surface area contributed by atoms with Crippen LogP contribution in [0.15, 0.2) is 0 Å². The van der Waals surface area contributed by atoms with Crippen LogP contribution in [0, 0.1) is 5.92 Å². The molecule has 0 radical (unpaired) electrons. The maximum Gasteiger partial charge on any atom is 0.0771 e. The highest BCUT2D eigenvalue weighted by Gasteiger charge is 2.09. The fourth-order valence-corrected chi connectivity index (χ4v) is 0.573. The quantitative estimate of drug-likeness (QED) is 0.664. The molecule has 0 fully saturated rings. The van der Waals surface area contributed by atoms with Crippen LogP contribution in [0.5, 0.6) is 0 Å². The first-order valence-corrected chi connectivity index (χ1v) is 4.37. The van der Waals surface area contributed by atoms with Crippen LogP contribution in [-0.2, 0) is 4.74 Å². The highest BCUT2D eigenvalue weighted by atomic mass is 16.5. The van der Waals surface area contributed by atoms with Crippen molar-refractivity contribution < 1.29 is 9.84 Å². The highest BCUT2D eigenvalue weighted by Crippen LogP contribution is 2.05. The zero-order valence-electron chi connectivity index (χ0n) is 8.00. The van der Waals surface area contributed by atoms with Gasteiger partial charge in [0, 0.05) is 0 Å². The normalized spacial score (nSPS) is 16.9. The van der Waals surface area contributed by atoms with Crippen LogP contribution in [0.4, 0.5) is 0 Å². The average Bonchev–Trinajstić information content (AvgIpc) is 1.99. The molecule has 1 N–H and O–H groups in total. The van der Waals surface area contributed by atoms with Gasteiger partial charge in [0.2, 0.25) is 0 Å². The van der Waals surface area contributed by atoms with Crippen molar-refractivity contribution in [3.63, 3.8) is 0 Å². The van der Waals surface area contributed by atoms with E-state index in [-0.39, 0.29) is 12.2 Å². The molecule has 0 aromatic carbocycles. The third-order valence-electron chi connectivity index (χ3n) is 1.96. The maximum absolute atomic E-state index is 9.16. The molecule has 0 aliphatic heterocycles. The second-order valence-electron chi connectivity index (χ2n) is 3.34. The Balaban J connectivity index is 3.37. The average molecular weight is 160 g/mol. The Labute approximate surface area is 69.6 Å². The number of ether oxygens (including phenoxy) is 1. The largest absolute Gasteiger partial charge is 0.391 e. The molecule has 0 aliphatic rings. The van der Waals surface area contributed by atoms with Crippen LogP contribution in [-0.4, -0.2) is 23.9 Å². The molecular formula is C9H20O2. The van der Waals surface area contributed by atoms with Crippen molar-refractivity contribution in [3.8, 4) is 0 Å². The molecule has 0 spiro atoms. The van der Waals surface area contributed by atoms with Gasteiger partial charge in [-0.2, -0.15) is 0 Å². The van der Waals surface area contributed by atoms with E-state index >= 15 is 0 Å². The SMILES string of the molecule is CCC(O)COC(C)C(C)C. The van der Waals surface area contributed by atoms with Crippen LogP contribution in [0.25, 0.3) is 0 Å². The molecular weight excluding hydrogens is 140 g/mol. The first-order chi connectivity index (χ1) is 5.07. The summed E-state index contributed by atoms with van der Waals surface area (Å²) in [5, 5.41) is 9.16. The molecule has 11 heavy (non-hydrogen) atoms. The molecule has 2 atom stereocenters. The molecule has 2 unspecified atom stereocenters. The molecule has 0 rings (SSSR count). The van der Waals surface area contributed by atoms with Crippen LogP contribution in [0.2, 0.25) is 0 Å². The minimum absolute atomic E-state index is 0.246. The molecule has 68 valence electrons. The van der Waals surface area contributed by atoms with E-state index < -0.39 is 0 Å². The number of aliphatic hydroxyl groups is 1. The molecule has 0 aliphatic carbocycles. The Bertz CT molecular complexity index is 91.6. The molecule has 0 aromatic rings. The second kappa shape index (κ2) is 5.56. The highest BCUT2D eigenvalue weighted by molar-refractivity contribution is 4.57. The van der Waals surface area contributed by atoms with E-state index in [1.807, 2.05) is 13.8 Å². The summed E-state index contributed by atoms with van der Waals surface area (Å²) in [6.45, 7) is 8.68. The maximum atomic E-state index is 9.16.